The molecule has 0 amide bonds. The average Bonchev–Trinajstić information content (AvgIpc) is 2.73. The third-order valence-electron chi connectivity index (χ3n) is 3.95. The molecule has 29 heavy (non-hydrogen) atoms. The number of carbonyl (C=O) groups excluding carboxylic acids is 2. The summed E-state index contributed by atoms with van der Waals surface area (Å²) in [6.45, 7) is 0. The number of hydrogen-bond acceptors (Lipinski definition) is 5. The zero-order valence-electron chi connectivity index (χ0n) is 14.9. The summed E-state index contributed by atoms with van der Waals surface area (Å²) in [5.41, 5.74) is 0.762. The number of hydrogen-bond donors (Lipinski definition) is 0. The van der Waals surface area contributed by atoms with Crippen molar-refractivity contribution in [2.75, 3.05) is 0 Å². The molecular formula is C22H14ClNO5. The Kier molecular flexibility index (Phi) is 6.16. The van der Waals surface area contributed by atoms with E-state index in [1.54, 1.807) is 42.5 Å². The minimum Gasteiger partial charge on any atom is -0.422 e. The van der Waals surface area contributed by atoms with Crippen molar-refractivity contribution >= 4 is 35.1 Å². The van der Waals surface area contributed by atoms with Gasteiger partial charge in [0.2, 0.25) is 0 Å². The summed E-state index contributed by atoms with van der Waals surface area (Å²) >= 11 is 5.84. The number of carbonyl (C=O) groups is 2. The second-order valence-electron chi connectivity index (χ2n) is 5.94. The lowest BCUT2D eigenvalue weighted by Gasteiger charge is -2.08. The molecule has 0 aliphatic rings. The maximum absolute atomic E-state index is 12.6. The molecule has 0 fully saturated rings. The van der Waals surface area contributed by atoms with Crippen LogP contribution in [0.15, 0.2) is 78.9 Å². The van der Waals surface area contributed by atoms with Crippen molar-refractivity contribution < 1.29 is 19.2 Å². The van der Waals surface area contributed by atoms with Crippen LogP contribution in [0.2, 0.25) is 5.02 Å². The largest absolute Gasteiger partial charge is 0.422 e. The molecule has 0 aliphatic carbocycles. The molecule has 0 spiro atoms. The molecule has 0 radical (unpaired) electrons. The molecule has 0 atom stereocenters. The number of ether oxygens (including phenoxy) is 1. The number of ketones is 1. The predicted octanol–water partition coefficient (Wildman–Crippen LogP) is 5.36. The zero-order chi connectivity index (χ0) is 20.8. The van der Waals surface area contributed by atoms with Gasteiger partial charge in [0.05, 0.1) is 16.1 Å². The minimum absolute atomic E-state index is 0.0122. The summed E-state index contributed by atoms with van der Waals surface area (Å²) in [4.78, 5) is 35.2. The molecule has 0 saturated heterocycles. The molecule has 0 unspecified atom stereocenters. The summed E-state index contributed by atoms with van der Waals surface area (Å²) in [6.07, 6.45) is 2.99. The normalized spacial score (nSPS) is 10.7. The summed E-state index contributed by atoms with van der Waals surface area (Å²) in [7, 11) is 0. The Morgan fingerprint density at radius 2 is 1.69 bits per heavy atom. The van der Waals surface area contributed by atoms with Crippen molar-refractivity contribution in [3.63, 3.8) is 0 Å². The minimum atomic E-state index is -0.796. The van der Waals surface area contributed by atoms with E-state index in [0.717, 1.165) is 11.6 Å². The van der Waals surface area contributed by atoms with Crippen LogP contribution in [0.5, 0.6) is 5.75 Å². The lowest BCUT2D eigenvalue weighted by Crippen LogP contribution is -2.11. The molecule has 0 heterocycles. The van der Waals surface area contributed by atoms with Gasteiger partial charge in [-0.2, -0.15) is 0 Å². The number of halogens is 1. The van der Waals surface area contributed by atoms with Gasteiger partial charge in [-0.15, -0.1) is 0 Å². The number of para-hydroxylation sites is 1. The van der Waals surface area contributed by atoms with E-state index in [1.165, 1.54) is 36.4 Å². The fourth-order valence-electron chi connectivity index (χ4n) is 2.50. The highest BCUT2D eigenvalue weighted by Gasteiger charge is 2.17. The Morgan fingerprint density at radius 1 is 0.966 bits per heavy atom. The molecule has 0 aliphatic heterocycles. The highest BCUT2D eigenvalue weighted by Crippen LogP contribution is 2.22. The number of nitro benzene ring substituents is 1. The van der Waals surface area contributed by atoms with E-state index >= 15 is 0 Å². The molecule has 3 aromatic carbocycles. The molecular weight excluding hydrogens is 394 g/mol. The summed E-state index contributed by atoms with van der Waals surface area (Å²) in [5, 5.41) is 11.5. The van der Waals surface area contributed by atoms with Crippen molar-refractivity contribution in [2.45, 2.75) is 0 Å². The molecule has 3 aromatic rings. The number of esters is 1. The quantitative estimate of drug-likeness (QED) is 0.137. The Labute approximate surface area is 171 Å². The van der Waals surface area contributed by atoms with E-state index in [0.29, 0.717) is 5.02 Å². The molecule has 0 aromatic heterocycles. The van der Waals surface area contributed by atoms with Crippen LogP contribution in [0, 0.1) is 10.1 Å². The second kappa shape index (κ2) is 8.95. The van der Waals surface area contributed by atoms with Crippen molar-refractivity contribution in [1.29, 1.82) is 0 Å². The van der Waals surface area contributed by atoms with Crippen molar-refractivity contribution in [3.05, 3.63) is 111 Å². The van der Waals surface area contributed by atoms with Gasteiger partial charge in [0.15, 0.2) is 5.78 Å². The van der Waals surface area contributed by atoms with E-state index < -0.39 is 10.9 Å². The van der Waals surface area contributed by atoms with E-state index in [1.807, 2.05) is 0 Å². The zero-order valence-corrected chi connectivity index (χ0v) is 15.7. The van der Waals surface area contributed by atoms with Crippen LogP contribution in [0.3, 0.4) is 0 Å². The monoisotopic (exact) mass is 407 g/mol. The first-order chi connectivity index (χ1) is 13.9. The Morgan fingerprint density at radius 3 is 2.41 bits per heavy atom. The number of nitro groups is 1. The topological polar surface area (TPSA) is 86.5 Å². The fraction of sp³-hybridized carbons (Fsp3) is 0. The fourth-order valence-corrected chi connectivity index (χ4v) is 2.63. The average molecular weight is 408 g/mol. The number of non-ortho nitro benzene ring substituents is 1. The van der Waals surface area contributed by atoms with Crippen LogP contribution in [0.25, 0.3) is 6.08 Å². The third kappa shape index (κ3) is 5.15. The Hall–Kier alpha value is -3.77. The second-order valence-corrected chi connectivity index (χ2v) is 6.38. The van der Waals surface area contributed by atoms with Crippen LogP contribution in [0.4, 0.5) is 5.69 Å². The van der Waals surface area contributed by atoms with E-state index in [2.05, 4.69) is 0 Å². The van der Waals surface area contributed by atoms with Crippen LogP contribution < -0.4 is 4.74 Å². The van der Waals surface area contributed by atoms with Gasteiger partial charge in [-0.05, 0) is 42.0 Å². The molecule has 144 valence electrons. The van der Waals surface area contributed by atoms with Gasteiger partial charge >= 0.3 is 5.97 Å². The van der Waals surface area contributed by atoms with Crippen LogP contribution in [-0.2, 0) is 0 Å². The molecule has 0 bridgehead atoms. The maximum atomic E-state index is 12.6. The first kappa shape index (κ1) is 20.0. The number of benzene rings is 3. The lowest BCUT2D eigenvalue weighted by molar-refractivity contribution is -0.384. The van der Waals surface area contributed by atoms with Gasteiger partial charge in [-0.3, -0.25) is 14.9 Å². The lowest BCUT2D eigenvalue weighted by atomic mass is 10.1. The number of allylic oxidation sites excluding steroid dienone is 1. The van der Waals surface area contributed by atoms with E-state index in [-0.39, 0.29) is 28.3 Å². The van der Waals surface area contributed by atoms with Crippen LogP contribution >= 0.6 is 11.6 Å². The van der Waals surface area contributed by atoms with E-state index in [4.69, 9.17) is 16.3 Å². The smallest absolute Gasteiger partial charge is 0.343 e. The Bertz CT molecular complexity index is 1110. The van der Waals surface area contributed by atoms with E-state index in [9.17, 15) is 19.7 Å². The van der Waals surface area contributed by atoms with Gasteiger partial charge < -0.3 is 4.74 Å². The van der Waals surface area contributed by atoms with Gasteiger partial charge in [0.25, 0.3) is 5.69 Å². The Balaban J connectivity index is 1.80. The maximum Gasteiger partial charge on any atom is 0.343 e. The van der Waals surface area contributed by atoms with Crippen LogP contribution in [0.1, 0.15) is 26.3 Å². The molecule has 3 rings (SSSR count). The molecule has 6 nitrogen and oxygen atoms in total. The number of nitrogens with zero attached hydrogens (tertiary/aromatic N) is 1. The molecule has 0 N–H and O–H groups in total. The van der Waals surface area contributed by atoms with Crippen molar-refractivity contribution in [3.8, 4) is 5.75 Å². The first-order valence-corrected chi connectivity index (χ1v) is 8.85. The summed E-state index contributed by atoms with van der Waals surface area (Å²) in [5.74, 6) is -1.09. The van der Waals surface area contributed by atoms with Crippen molar-refractivity contribution in [2.24, 2.45) is 0 Å². The SMILES string of the molecule is O=C(Oc1ccccc1C(=O)/C=C/c1ccc(Cl)cc1)c1cccc([N+](=O)[O-])c1. The van der Waals surface area contributed by atoms with Crippen LogP contribution in [-0.4, -0.2) is 16.7 Å². The van der Waals surface area contributed by atoms with Gasteiger partial charge in [0, 0.05) is 17.2 Å². The molecule has 7 heteroatoms. The highest BCUT2D eigenvalue weighted by molar-refractivity contribution is 6.30. The van der Waals surface area contributed by atoms with Gasteiger partial charge in [0.1, 0.15) is 5.75 Å². The van der Waals surface area contributed by atoms with Gasteiger partial charge in [-0.1, -0.05) is 48.0 Å². The standard InChI is InChI=1S/C22H14ClNO5/c23-17-11-8-15(9-12-17)10-13-20(25)19-6-1-2-7-21(19)29-22(26)16-4-3-5-18(14-16)24(27)28/h1-14H/b13-10+. The number of rotatable bonds is 6. The first-order valence-electron chi connectivity index (χ1n) is 8.48. The van der Waals surface area contributed by atoms with Crippen molar-refractivity contribution in [1.82, 2.24) is 0 Å². The highest BCUT2D eigenvalue weighted by atomic mass is 35.5. The third-order valence-corrected chi connectivity index (χ3v) is 4.20. The predicted molar refractivity (Wildman–Crippen MR) is 109 cm³/mol. The summed E-state index contributed by atoms with van der Waals surface area (Å²) in [6, 6.07) is 18.4. The summed E-state index contributed by atoms with van der Waals surface area (Å²) < 4.78 is 5.32. The van der Waals surface area contributed by atoms with Gasteiger partial charge in [-0.25, -0.2) is 4.79 Å². The molecule has 0 saturated carbocycles.